The van der Waals surface area contributed by atoms with E-state index >= 15 is 0 Å². The normalized spacial score (nSPS) is 29.5. The maximum absolute atomic E-state index is 12.4. The summed E-state index contributed by atoms with van der Waals surface area (Å²) in [5, 5.41) is 0. The number of hydrogen-bond donors (Lipinski definition) is 0. The van der Waals surface area contributed by atoms with E-state index in [4.69, 9.17) is 23.1 Å². The van der Waals surface area contributed by atoms with Crippen molar-refractivity contribution in [2.24, 2.45) is 0 Å². The van der Waals surface area contributed by atoms with E-state index in [1.165, 1.54) is 12.4 Å². The summed E-state index contributed by atoms with van der Waals surface area (Å²) in [6.07, 6.45) is 0.917. The molecule has 2 aliphatic heterocycles. The van der Waals surface area contributed by atoms with Gasteiger partial charge in [-0.05, 0) is 19.4 Å². The summed E-state index contributed by atoms with van der Waals surface area (Å²) in [5.41, 5.74) is 0.988. The van der Waals surface area contributed by atoms with Crippen LogP contribution in [0.3, 0.4) is 0 Å². The van der Waals surface area contributed by atoms with Crippen LogP contribution in [0.25, 0.3) is 0 Å². The molecule has 2 aromatic rings. The van der Waals surface area contributed by atoms with Crippen LogP contribution in [0.15, 0.2) is 49.1 Å². The van der Waals surface area contributed by atoms with E-state index in [0.29, 0.717) is 6.61 Å². The first-order chi connectivity index (χ1) is 13.3. The van der Waals surface area contributed by atoms with Crippen molar-refractivity contribution in [3.63, 3.8) is 0 Å². The third-order valence-corrected chi connectivity index (χ3v) is 5.69. The Morgan fingerprint density at radius 2 is 1.96 bits per heavy atom. The SMILES string of the molecule is CC1(C)O[C@@H]2[C@@H](OCc3ccccc3)OC[C@H](OS(=O)(=O)n3ccnc3)[C@H]2O1. The number of aromatic nitrogens is 2. The molecule has 152 valence electrons. The Morgan fingerprint density at radius 1 is 1.21 bits per heavy atom. The highest BCUT2D eigenvalue weighted by Gasteiger charge is 2.54. The van der Waals surface area contributed by atoms with Gasteiger partial charge in [-0.15, -0.1) is 0 Å². The molecule has 4 atom stereocenters. The standard InChI is InChI=1S/C18H22N2O7S/c1-18(2)25-15-14(27-28(21,22)20-9-8-19-12-20)11-24-17(16(15)26-18)23-10-13-6-4-3-5-7-13/h3-9,12,14-17H,10-11H2,1-2H3/t14-,15+,16-,17-/m0/s1. The smallest absolute Gasteiger partial charge is 0.347 e. The fraction of sp³-hybridized carbons (Fsp3) is 0.500. The molecule has 9 nitrogen and oxygen atoms in total. The molecule has 0 aliphatic carbocycles. The Hall–Kier alpha value is -1.82. The largest absolute Gasteiger partial charge is 0.367 e. The summed E-state index contributed by atoms with van der Waals surface area (Å²) >= 11 is 0. The summed E-state index contributed by atoms with van der Waals surface area (Å²) in [7, 11) is -4.07. The highest BCUT2D eigenvalue weighted by atomic mass is 32.2. The fourth-order valence-electron chi connectivity index (χ4n) is 3.26. The summed E-state index contributed by atoms with van der Waals surface area (Å²) < 4.78 is 54.5. The summed E-state index contributed by atoms with van der Waals surface area (Å²) in [6.45, 7) is 3.81. The third-order valence-electron chi connectivity index (χ3n) is 4.46. The van der Waals surface area contributed by atoms with Crippen molar-refractivity contribution < 1.29 is 31.5 Å². The van der Waals surface area contributed by atoms with Crippen molar-refractivity contribution >= 4 is 10.3 Å². The lowest BCUT2D eigenvalue weighted by atomic mass is 10.1. The Morgan fingerprint density at radius 3 is 2.68 bits per heavy atom. The summed E-state index contributed by atoms with van der Waals surface area (Å²) in [4.78, 5) is 3.73. The van der Waals surface area contributed by atoms with Crippen LogP contribution in [0, 0.1) is 0 Å². The number of hydrogen-bond acceptors (Lipinski definition) is 8. The number of imidazole rings is 1. The first-order valence-electron chi connectivity index (χ1n) is 8.89. The number of benzene rings is 1. The molecule has 1 aromatic heterocycles. The Bertz CT molecular complexity index is 886. The molecule has 2 fully saturated rings. The molecule has 0 spiro atoms. The highest BCUT2D eigenvalue weighted by Crippen LogP contribution is 2.37. The van der Waals surface area contributed by atoms with Gasteiger partial charge < -0.3 is 18.9 Å². The maximum atomic E-state index is 12.4. The van der Waals surface area contributed by atoms with Crippen molar-refractivity contribution in [2.45, 2.75) is 50.8 Å². The Balaban J connectivity index is 1.47. The molecule has 0 saturated carbocycles. The molecule has 0 bridgehead atoms. The first-order valence-corrected chi connectivity index (χ1v) is 10.3. The van der Waals surface area contributed by atoms with Gasteiger partial charge in [0.2, 0.25) is 0 Å². The summed E-state index contributed by atoms with van der Waals surface area (Å²) in [5.74, 6) is -0.919. The first kappa shape index (κ1) is 19.5. The average molecular weight is 410 g/mol. The number of rotatable bonds is 6. The molecule has 10 heteroatoms. The molecule has 4 rings (SSSR count). The molecule has 0 N–H and O–H groups in total. The lowest BCUT2D eigenvalue weighted by Crippen LogP contribution is -2.53. The minimum absolute atomic E-state index is 0.0199. The topological polar surface area (TPSA) is 98.1 Å². The van der Waals surface area contributed by atoms with Crippen LogP contribution in [0.2, 0.25) is 0 Å². The van der Waals surface area contributed by atoms with Crippen molar-refractivity contribution in [2.75, 3.05) is 6.61 Å². The molecule has 2 saturated heterocycles. The van der Waals surface area contributed by atoms with Crippen LogP contribution in [0.5, 0.6) is 0 Å². The van der Waals surface area contributed by atoms with E-state index in [1.54, 1.807) is 13.8 Å². The van der Waals surface area contributed by atoms with Gasteiger partial charge in [-0.3, -0.25) is 0 Å². The van der Waals surface area contributed by atoms with Gasteiger partial charge in [-0.25, -0.2) is 13.1 Å². The van der Waals surface area contributed by atoms with Crippen LogP contribution in [0.1, 0.15) is 19.4 Å². The lowest BCUT2D eigenvalue weighted by molar-refractivity contribution is -0.248. The monoisotopic (exact) mass is 410 g/mol. The lowest BCUT2D eigenvalue weighted by Gasteiger charge is -2.35. The molecule has 0 amide bonds. The van der Waals surface area contributed by atoms with Gasteiger partial charge in [-0.2, -0.15) is 8.42 Å². The predicted molar refractivity (Wildman–Crippen MR) is 96.2 cm³/mol. The van der Waals surface area contributed by atoms with Crippen molar-refractivity contribution in [3.05, 3.63) is 54.6 Å². The van der Waals surface area contributed by atoms with Crippen LogP contribution >= 0.6 is 0 Å². The van der Waals surface area contributed by atoms with E-state index in [2.05, 4.69) is 4.98 Å². The van der Waals surface area contributed by atoms with Crippen LogP contribution < -0.4 is 0 Å². The fourth-order valence-corrected chi connectivity index (χ4v) is 4.21. The van der Waals surface area contributed by atoms with Gasteiger partial charge in [0.25, 0.3) is 0 Å². The van der Waals surface area contributed by atoms with Crippen molar-refractivity contribution in [1.82, 2.24) is 8.96 Å². The molecular weight excluding hydrogens is 388 g/mol. The van der Waals surface area contributed by atoms with Gasteiger partial charge in [0.05, 0.1) is 13.2 Å². The van der Waals surface area contributed by atoms with Crippen molar-refractivity contribution in [1.29, 1.82) is 0 Å². The van der Waals surface area contributed by atoms with Crippen LogP contribution in [-0.4, -0.2) is 54.4 Å². The second-order valence-electron chi connectivity index (χ2n) is 7.05. The Kier molecular flexibility index (Phi) is 5.25. The maximum Gasteiger partial charge on any atom is 0.367 e. The van der Waals surface area contributed by atoms with E-state index in [-0.39, 0.29) is 6.61 Å². The van der Waals surface area contributed by atoms with E-state index in [0.717, 1.165) is 15.9 Å². The van der Waals surface area contributed by atoms with Gasteiger partial charge in [-0.1, -0.05) is 30.3 Å². The highest BCUT2D eigenvalue weighted by molar-refractivity contribution is 7.85. The zero-order valence-corrected chi connectivity index (χ0v) is 16.3. The van der Waals surface area contributed by atoms with Crippen molar-refractivity contribution in [3.8, 4) is 0 Å². The third kappa shape index (κ3) is 4.12. The second kappa shape index (κ2) is 7.54. The van der Waals surface area contributed by atoms with Gasteiger partial charge >= 0.3 is 10.3 Å². The van der Waals surface area contributed by atoms with E-state index in [9.17, 15) is 8.42 Å². The average Bonchev–Trinajstić information content (AvgIpc) is 3.29. The van der Waals surface area contributed by atoms with E-state index < -0.39 is 40.7 Å². The van der Waals surface area contributed by atoms with Gasteiger partial charge in [0, 0.05) is 12.4 Å². The molecule has 0 radical (unpaired) electrons. The van der Waals surface area contributed by atoms with Gasteiger partial charge in [0.1, 0.15) is 24.6 Å². The molecule has 0 unspecified atom stereocenters. The minimum atomic E-state index is -4.07. The molecule has 1 aromatic carbocycles. The minimum Gasteiger partial charge on any atom is -0.347 e. The molecular formula is C18H22N2O7S. The molecule has 2 aliphatic rings. The number of ether oxygens (including phenoxy) is 4. The predicted octanol–water partition coefficient (Wildman–Crippen LogP) is 1.45. The van der Waals surface area contributed by atoms with Gasteiger partial charge in [0.15, 0.2) is 12.1 Å². The van der Waals surface area contributed by atoms with Crippen LogP contribution in [-0.2, 0) is 40.0 Å². The van der Waals surface area contributed by atoms with Crippen LogP contribution in [0.4, 0.5) is 0 Å². The zero-order chi connectivity index (χ0) is 19.8. The number of nitrogens with zero attached hydrogens (tertiary/aromatic N) is 2. The summed E-state index contributed by atoms with van der Waals surface area (Å²) in [6, 6.07) is 9.66. The zero-order valence-electron chi connectivity index (χ0n) is 15.5. The van der Waals surface area contributed by atoms with E-state index in [1.807, 2.05) is 30.3 Å². The quantitative estimate of drug-likeness (QED) is 0.706. The molecule has 3 heterocycles. The molecule has 28 heavy (non-hydrogen) atoms. The number of fused-ring (bicyclic) bond motifs is 1. The second-order valence-corrected chi connectivity index (χ2v) is 8.52. The Labute approximate surface area is 163 Å².